The van der Waals surface area contributed by atoms with E-state index in [9.17, 15) is 9.59 Å². The fourth-order valence-corrected chi connectivity index (χ4v) is 4.41. The van der Waals surface area contributed by atoms with Crippen LogP contribution in [-0.2, 0) is 9.53 Å². The second kappa shape index (κ2) is 9.39. The molecule has 0 radical (unpaired) electrons. The standard InChI is InChI=1S/C21H26N4O3S/c26-20(22-17-4-1-2-5-18(17)24-11-13-28-14-12-24)16-23-7-9-25(10-8-23)21(27)19-6-3-15-29-19/h1-6,15H,7-14,16H2,(H,22,26). The van der Waals surface area contributed by atoms with Gasteiger partial charge in [0.1, 0.15) is 0 Å². The van der Waals surface area contributed by atoms with Crippen molar-refractivity contribution in [3.8, 4) is 0 Å². The summed E-state index contributed by atoms with van der Waals surface area (Å²) in [5, 5.41) is 4.99. The van der Waals surface area contributed by atoms with E-state index in [2.05, 4.69) is 15.1 Å². The summed E-state index contributed by atoms with van der Waals surface area (Å²) in [6, 6.07) is 11.7. The molecule has 0 atom stereocenters. The Labute approximate surface area is 174 Å². The Bertz CT molecular complexity index is 828. The van der Waals surface area contributed by atoms with Crippen LogP contribution in [0.1, 0.15) is 9.67 Å². The number of carbonyl (C=O) groups is 2. The molecule has 2 fully saturated rings. The van der Waals surface area contributed by atoms with Gasteiger partial charge in [-0.05, 0) is 23.6 Å². The molecule has 4 rings (SSSR count). The minimum Gasteiger partial charge on any atom is -0.378 e. The van der Waals surface area contributed by atoms with Gasteiger partial charge in [0.05, 0.1) is 36.0 Å². The van der Waals surface area contributed by atoms with E-state index in [4.69, 9.17) is 4.74 Å². The number of amides is 2. The minimum absolute atomic E-state index is 0.0243. The van der Waals surface area contributed by atoms with E-state index >= 15 is 0 Å². The lowest BCUT2D eigenvalue weighted by atomic mass is 10.2. The molecule has 2 aromatic rings. The lowest BCUT2D eigenvalue weighted by molar-refractivity contribution is -0.117. The second-order valence-corrected chi connectivity index (χ2v) is 8.16. The highest BCUT2D eigenvalue weighted by Gasteiger charge is 2.24. The number of thiophene rings is 1. The van der Waals surface area contributed by atoms with Crippen molar-refractivity contribution in [3.05, 3.63) is 46.7 Å². The third kappa shape index (κ3) is 4.95. The Morgan fingerprint density at radius 2 is 1.72 bits per heavy atom. The zero-order chi connectivity index (χ0) is 20.1. The number of anilines is 2. The zero-order valence-electron chi connectivity index (χ0n) is 16.4. The fourth-order valence-electron chi connectivity index (χ4n) is 3.72. The Morgan fingerprint density at radius 3 is 2.45 bits per heavy atom. The van der Waals surface area contributed by atoms with Gasteiger partial charge >= 0.3 is 0 Å². The maximum absolute atomic E-state index is 12.6. The number of benzene rings is 1. The summed E-state index contributed by atoms with van der Waals surface area (Å²) in [6.45, 7) is 6.10. The van der Waals surface area contributed by atoms with Crippen molar-refractivity contribution in [3.63, 3.8) is 0 Å². The summed E-state index contributed by atoms with van der Waals surface area (Å²) in [5.41, 5.74) is 1.88. The number of carbonyl (C=O) groups excluding carboxylic acids is 2. The summed E-state index contributed by atoms with van der Waals surface area (Å²) < 4.78 is 5.43. The largest absolute Gasteiger partial charge is 0.378 e. The summed E-state index contributed by atoms with van der Waals surface area (Å²) in [6.07, 6.45) is 0. The van der Waals surface area contributed by atoms with Gasteiger partial charge in [0, 0.05) is 39.3 Å². The normalized spacial score (nSPS) is 17.9. The maximum atomic E-state index is 12.6. The fraction of sp³-hybridized carbons (Fsp3) is 0.429. The van der Waals surface area contributed by atoms with Crippen LogP contribution in [0.25, 0.3) is 0 Å². The molecule has 2 amide bonds. The van der Waals surface area contributed by atoms with E-state index < -0.39 is 0 Å². The first kappa shape index (κ1) is 19.9. The summed E-state index contributed by atoms with van der Waals surface area (Å²) in [7, 11) is 0. The summed E-state index contributed by atoms with van der Waals surface area (Å²) in [5.74, 6) is 0.0623. The lowest BCUT2D eigenvalue weighted by Gasteiger charge is -2.34. The van der Waals surface area contributed by atoms with Crippen LogP contribution in [0.15, 0.2) is 41.8 Å². The average Bonchev–Trinajstić information content (AvgIpc) is 3.30. The van der Waals surface area contributed by atoms with Crippen LogP contribution in [-0.4, -0.2) is 80.6 Å². The third-order valence-electron chi connectivity index (χ3n) is 5.29. The Kier molecular flexibility index (Phi) is 6.43. The van der Waals surface area contributed by atoms with Crippen LogP contribution < -0.4 is 10.2 Å². The van der Waals surface area contributed by atoms with Crippen LogP contribution in [0, 0.1) is 0 Å². The third-order valence-corrected chi connectivity index (χ3v) is 6.15. The van der Waals surface area contributed by atoms with E-state index in [0.29, 0.717) is 45.9 Å². The number of piperazine rings is 1. The molecule has 1 aromatic heterocycles. The Hall–Kier alpha value is -2.42. The zero-order valence-corrected chi connectivity index (χ0v) is 17.2. The number of rotatable bonds is 5. The Morgan fingerprint density at radius 1 is 0.966 bits per heavy atom. The van der Waals surface area contributed by atoms with Crippen molar-refractivity contribution in [2.75, 3.05) is 69.2 Å². The number of morpholine rings is 1. The monoisotopic (exact) mass is 414 g/mol. The molecule has 8 heteroatoms. The maximum Gasteiger partial charge on any atom is 0.264 e. The van der Waals surface area contributed by atoms with Crippen LogP contribution >= 0.6 is 11.3 Å². The summed E-state index contributed by atoms with van der Waals surface area (Å²) in [4.78, 5) is 32.1. The predicted octanol–water partition coefficient (Wildman–Crippen LogP) is 1.98. The number of nitrogens with one attached hydrogen (secondary N) is 1. The molecule has 0 saturated carbocycles. The first-order valence-corrected chi connectivity index (χ1v) is 10.9. The molecule has 0 bridgehead atoms. The summed E-state index contributed by atoms with van der Waals surface area (Å²) >= 11 is 1.47. The minimum atomic E-state index is -0.0243. The molecule has 0 unspecified atom stereocenters. The highest BCUT2D eigenvalue weighted by molar-refractivity contribution is 7.12. The molecule has 1 aromatic carbocycles. The number of nitrogens with zero attached hydrogens (tertiary/aromatic N) is 3. The van der Waals surface area contributed by atoms with Gasteiger partial charge in [-0.15, -0.1) is 11.3 Å². The molecular formula is C21H26N4O3S. The number of para-hydroxylation sites is 2. The van der Waals surface area contributed by atoms with E-state index in [1.807, 2.05) is 46.7 Å². The van der Waals surface area contributed by atoms with Gasteiger partial charge in [0.2, 0.25) is 5.91 Å². The van der Waals surface area contributed by atoms with Gasteiger partial charge in [-0.1, -0.05) is 18.2 Å². The van der Waals surface area contributed by atoms with Crippen molar-refractivity contribution < 1.29 is 14.3 Å². The predicted molar refractivity (Wildman–Crippen MR) is 115 cm³/mol. The van der Waals surface area contributed by atoms with Crippen molar-refractivity contribution in [1.29, 1.82) is 0 Å². The van der Waals surface area contributed by atoms with Crippen LogP contribution in [0.4, 0.5) is 11.4 Å². The molecule has 0 spiro atoms. The number of hydrogen-bond acceptors (Lipinski definition) is 6. The topological polar surface area (TPSA) is 65.1 Å². The van der Waals surface area contributed by atoms with Gasteiger partial charge in [-0.2, -0.15) is 0 Å². The SMILES string of the molecule is O=C(CN1CCN(C(=O)c2cccs2)CC1)Nc1ccccc1N1CCOCC1. The van der Waals surface area contributed by atoms with Crippen molar-refractivity contribution >= 4 is 34.5 Å². The molecule has 3 heterocycles. The quantitative estimate of drug-likeness (QED) is 0.811. The van der Waals surface area contributed by atoms with Gasteiger partial charge in [-0.3, -0.25) is 14.5 Å². The van der Waals surface area contributed by atoms with Crippen LogP contribution in [0.5, 0.6) is 0 Å². The molecule has 1 N–H and O–H groups in total. The van der Waals surface area contributed by atoms with Crippen LogP contribution in [0.2, 0.25) is 0 Å². The smallest absolute Gasteiger partial charge is 0.264 e. The molecule has 2 aliphatic rings. The van der Waals surface area contributed by atoms with E-state index in [0.717, 1.165) is 29.3 Å². The van der Waals surface area contributed by atoms with Crippen molar-refractivity contribution in [1.82, 2.24) is 9.80 Å². The highest BCUT2D eigenvalue weighted by Crippen LogP contribution is 2.26. The van der Waals surface area contributed by atoms with E-state index in [1.165, 1.54) is 11.3 Å². The molecule has 2 aliphatic heterocycles. The first-order valence-electron chi connectivity index (χ1n) is 9.97. The average molecular weight is 415 g/mol. The van der Waals surface area contributed by atoms with E-state index in [-0.39, 0.29) is 11.8 Å². The van der Waals surface area contributed by atoms with Gasteiger partial charge < -0.3 is 19.9 Å². The lowest BCUT2D eigenvalue weighted by Crippen LogP contribution is -2.50. The Balaban J connectivity index is 1.29. The molecule has 7 nitrogen and oxygen atoms in total. The molecule has 29 heavy (non-hydrogen) atoms. The van der Waals surface area contributed by atoms with E-state index in [1.54, 1.807) is 0 Å². The van der Waals surface area contributed by atoms with Gasteiger partial charge in [0.15, 0.2) is 0 Å². The highest BCUT2D eigenvalue weighted by atomic mass is 32.1. The van der Waals surface area contributed by atoms with Gasteiger partial charge in [0.25, 0.3) is 5.91 Å². The molecule has 2 saturated heterocycles. The van der Waals surface area contributed by atoms with Crippen LogP contribution in [0.3, 0.4) is 0 Å². The molecule has 154 valence electrons. The molecule has 0 aliphatic carbocycles. The first-order chi connectivity index (χ1) is 14.2. The van der Waals surface area contributed by atoms with Crippen molar-refractivity contribution in [2.45, 2.75) is 0 Å². The van der Waals surface area contributed by atoms with Gasteiger partial charge in [-0.25, -0.2) is 0 Å². The number of hydrogen-bond donors (Lipinski definition) is 1. The second-order valence-electron chi connectivity index (χ2n) is 7.21. The van der Waals surface area contributed by atoms with Crippen molar-refractivity contribution in [2.24, 2.45) is 0 Å². The number of ether oxygens (including phenoxy) is 1. The molecular weight excluding hydrogens is 388 g/mol.